The summed E-state index contributed by atoms with van der Waals surface area (Å²) in [6.45, 7) is 0. The Kier molecular flexibility index (Phi) is 5.90. The number of carbonyl (C=O) groups excluding carboxylic acids is 3. The van der Waals surface area contributed by atoms with Crippen molar-refractivity contribution in [2.24, 2.45) is 17.6 Å². The summed E-state index contributed by atoms with van der Waals surface area (Å²) in [5.74, 6) is -0.973. The number of aliphatic hydroxyl groups excluding tert-OH is 2. The highest BCUT2D eigenvalue weighted by Gasteiger charge is 2.64. The van der Waals surface area contributed by atoms with Crippen molar-refractivity contribution < 1.29 is 34.8 Å². The molecule has 4 atom stereocenters. The summed E-state index contributed by atoms with van der Waals surface area (Å²) in [5, 5.41) is 44.8. The molecule has 38 heavy (non-hydrogen) atoms. The number of primary amides is 1. The van der Waals surface area contributed by atoms with E-state index in [-0.39, 0.29) is 35.3 Å². The molecule has 0 aliphatic heterocycles. The van der Waals surface area contributed by atoms with Crippen molar-refractivity contribution in [3.63, 3.8) is 0 Å². The van der Waals surface area contributed by atoms with Crippen molar-refractivity contribution in [2.75, 3.05) is 14.1 Å². The first-order valence-electron chi connectivity index (χ1n) is 12.0. The lowest BCUT2D eigenvalue weighted by Crippen LogP contribution is -2.65. The molecule has 0 spiro atoms. The van der Waals surface area contributed by atoms with Crippen LogP contribution in [0.5, 0.6) is 5.75 Å². The maximum absolute atomic E-state index is 13.8. The molecule has 6 N–H and O–H groups in total. The van der Waals surface area contributed by atoms with Crippen LogP contribution >= 0.6 is 0 Å². The van der Waals surface area contributed by atoms with Crippen LogP contribution in [0.25, 0.3) is 5.76 Å². The van der Waals surface area contributed by atoms with Crippen molar-refractivity contribution in [1.82, 2.24) is 4.90 Å². The number of rotatable bonds is 2. The Labute approximate surface area is 218 Å². The van der Waals surface area contributed by atoms with Crippen LogP contribution in [0.2, 0.25) is 0 Å². The van der Waals surface area contributed by atoms with Crippen LogP contribution in [0.1, 0.15) is 28.7 Å². The van der Waals surface area contributed by atoms with Crippen LogP contribution in [-0.2, 0) is 20.8 Å². The van der Waals surface area contributed by atoms with Gasteiger partial charge >= 0.3 is 0 Å². The Balaban J connectivity index is 1.66. The van der Waals surface area contributed by atoms with Gasteiger partial charge in [0.1, 0.15) is 22.8 Å². The number of ketones is 2. The number of hydrogen-bond donors (Lipinski definition) is 5. The Morgan fingerprint density at radius 3 is 2.37 bits per heavy atom. The molecule has 0 radical (unpaired) electrons. The number of amides is 1. The number of hydrogen-bond acceptors (Lipinski definition) is 8. The van der Waals surface area contributed by atoms with Gasteiger partial charge in [-0.1, -0.05) is 36.1 Å². The van der Waals surface area contributed by atoms with Gasteiger partial charge in [-0.3, -0.25) is 19.3 Å². The molecule has 2 aromatic rings. The molecule has 9 heteroatoms. The number of nitrogens with two attached hydrogens (primary N) is 1. The molecule has 1 fully saturated rings. The number of likely N-dealkylation sites (N-methyl/N-ethyl adjacent to an activating group) is 1. The molecule has 2 aromatic carbocycles. The van der Waals surface area contributed by atoms with Crippen molar-refractivity contribution in [1.29, 1.82) is 0 Å². The molecular weight excluding hydrogens is 488 g/mol. The highest BCUT2D eigenvalue weighted by molar-refractivity contribution is 6.24. The first kappa shape index (κ1) is 25.3. The SMILES string of the molecule is CN(C)[C@H]1C(=O)C(C(N)=O)=C(O)[C@]2(O)C(=O)C3=C(O)c4c(ccc(C#Cc5ccccc5)c4O)C[C@H]3C[C@@H]12. The maximum atomic E-state index is 13.8. The van der Waals surface area contributed by atoms with Crippen LogP contribution in [0.4, 0.5) is 0 Å². The van der Waals surface area contributed by atoms with E-state index >= 15 is 0 Å². The average Bonchev–Trinajstić information content (AvgIpc) is 2.86. The summed E-state index contributed by atoms with van der Waals surface area (Å²) in [6.07, 6.45) is 0.274. The largest absolute Gasteiger partial charge is 0.508 e. The van der Waals surface area contributed by atoms with Gasteiger partial charge in [0.2, 0.25) is 5.78 Å². The maximum Gasteiger partial charge on any atom is 0.255 e. The fourth-order valence-corrected chi connectivity index (χ4v) is 5.98. The molecule has 9 nitrogen and oxygen atoms in total. The molecule has 0 unspecified atom stereocenters. The predicted octanol–water partition coefficient (Wildman–Crippen LogP) is 1.36. The van der Waals surface area contributed by atoms with E-state index in [4.69, 9.17) is 5.73 Å². The number of aromatic hydroxyl groups is 1. The fourth-order valence-electron chi connectivity index (χ4n) is 5.98. The smallest absolute Gasteiger partial charge is 0.255 e. The molecule has 1 amide bonds. The highest BCUT2D eigenvalue weighted by Crippen LogP contribution is 2.52. The number of benzene rings is 2. The van der Waals surface area contributed by atoms with Gasteiger partial charge < -0.3 is 26.2 Å². The zero-order valence-electron chi connectivity index (χ0n) is 20.7. The first-order valence-corrected chi connectivity index (χ1v) is 12.0. The minimum absolute atomic E-state index is 0.0150. The molecule has 0 saturated heterocycles. The van der Waals surface area contributed by atoms with Gasteiger partial charge in [-0.05, 0) is 56.6 Å². The number of carbonyl (C=O) groups is 3. The molecule has 0 heterocycles. The van der Waals surface area contributed by atoms with Gasteiger partial charge in [0.15, 0.2) is 11.4 Å². The van der Waals surface area contributed by atoms with Gasteiger partial charge in [-0.25, -0.2) is 0 Å². The summed E-state index contributed by atoms with van der Waals surface area (Å²) in [6, 6.07) is 11.3. The van der Waals surface area contributed by atoms with E-state index in [9.17, 15) is 34.8 Å². The summed E-state index contributed by atoms with van der Waals surface area (Å²) < 4.78 is 0. The number of nitrogens with zero attached hydrogens (tertiary/aromatic N) is 1. The van der Waals surface area contributed by atoms with Crippen LogP contribution in [0.15, 0.2) is 59.4 Å². The first-order chi connectivity index (χ1) is 18.0. The Hall–Kier alpha value is -4.39. The van der Waals surface area contributed by atoms with Gasteiger partial charge in [-0.2, -0.15) is 0 Å². The van der Waals surface area contributed by atoms with E-state index in [2.05, 4.69) is 11.8 Å². The molecular formula is C29H26N2O7. The van der Waals surface area contributed by atoms with Crippen molar-refractivity contribution in [3.05, 3.63) is 81.6 Å². The fraction of sp³-hybridized carbons (Fsp3) is 0.276. The predicted molar refractivity (Wildman–Crippen MR) is 137 cm³/mol. The minimum Gasteiger partial charge on any atom is -0.508 e. The minimum atomic E-state index is -2.66. The molecule has 3 aliphatic rings. The zero-order valence-corrected chi connectivity index (χ0v) is 20.7. The molecule has 0 bridgehead atoms. The second-order valence-electron chi connectivity index (χ2n) is 10.1. The second kappa shape index (κ2) is 8.87. The summed E-state index contributed by atoms with van der Waals surface area (Å²) >= 11 is 0. The highest BCUT2D eigenvalue weighted by atomic mass is 16.3. The lowest BCUT2D eigenvalue weighted by molar-refractivity contribution is -0.153. The Morgan fingerprint density at radius 2 is 1.74 bits per heavy atom. The van der Waals surface area contributed by atoms with E-state index in [1.54, 1.807) is 38.4 Å². The van der Waals surface area contributed by atoms with Crippen LogP contribution in [0, 0.1) is 23.7 Å². The summed E-state index contributed by atoms with van der Waals surface area (Å²) in [5.41, 5.74) is 3.18. The normalized spacial score (nSPS) is 26.4. The second-order valence-corrected chi connectivity index (χ2v) is 10.1. The van der Waals surface area contributed by atoms with E-state index < -0.39 is 58.0 Å². The third kappa shape index (κ3) is 3.53. The quantitative estimate of drug-likeness (QED) is 0.297. The van der Waals surface area contributed by atoms with E-state index in [1.165, 1.54) is 4.90 Å². The van der Waals surface area contributed by atoms with E-state index in [0.717, 1.165) is 5.56 Å². The Bertz CT molecular complexity index is 1530. The van der Waals surface area contributed by atoms with Crippen LogP contribution in [-0.4, -0.2) is 68.5 Å². The molecule has 194 valence electrons. The number of phenols is 1. The van der Waals surface area contributed by atoms with Crippen LogP contribution in [0.3, 0.4) is 0 Å². The number of phenolic OH excluding ortho intramolecular Hbond substituents is 1. The topological polar surface area (TPSA) is 161 Å². The standard InChI is InChI=1S/C29H26N2O7/c1-31(2)22-18-13-17-12-16-11-10-15(9-8-14-6-4-3-5-7-14)23(32)19(16)24(33)20(17)26(35)29(18,38)27(36)21(25(22)34)28(30)37/h3-7,10-11,17-18,22,32-33,36,38H,12-13H2,1-2H3,(H2,30,37)/t17-,18-,22+,29+/m0/s1. The third-order valence-corrected chi connectivity index (χ3v) is 7.71. The lowest BCUT2D eigenvalue weighted by atomic mass is 9.57. The zero-order chi connectivity index (χ0) is 27.5. The number of fused-ring (bicyclic) bond motifs is 3. The molecule has 5 rings (SSSR count). The van der Waals surface area contributed by atoms with E-state index in [0.29, 0.717) is 5.56 Å². The molecule has 3 aliphatic carbocycles. The van der Waals surface area contributed by atoms with Gasteiger partial charge in [0, 0.05) is 17.1 Å². The van der Waals surface area contributed by atoms with Gasteiger partial charge in [0.05, 0.1) is 17.2 Å². The Morgan fingerprint density at radius 1 is 1.05 bits per heavy atom. The van der Waals surface area contributed by atoms with Gasteiger partial charge in [-0.15, -0.1) is 0 Å². The van der Waals surface area contributed by atoms with Crippen molar-refractivity contribution >= 4 is 23.2 Å². The third-order valence-electron chi connectivity index (χ3n) is 7.71. The summed E-state index contributed by atoms with van der Waals surface area (Å²) in [7, 11) is 3.12. The lowest BCUT2D eigenvalue weighted by Gasteiger charge is -2.50. The molecule has 1 saturated carbocycles. The van der Waals surface area contributed by atoms with Crippen molar-refractivity contribution in [3.8, 4) is 17.6 Å². The van der Waals surface area contributed by atoms with Crippen LogP contribution < -0.4 is 5.73 Å². The summed E-state index contributed by atoms with van der Waals surface area (Å²) in [4.78, 5) is 40.5. The van der Waals surface area contributed by atoms with E-state index in [1.807, 2.05) is 18.2 Å². The number of aliphatic hydroxyl groups is 3. The van der Waals surface area contributed by atoms with Gasteiger partial charge in [0.25, 0.3) is 5.91 Å². The monoisotopic (exact) mass is 514 g/mol. The average molecular weight is 515 g/mol. The van der Waals surface area contributed by atoms with Crippen molar-refractivity contribution in [2.45, 2.75) is 24.5 Å². The molecule has 0 aromatic heterocycles. The number of Topliss-reactive ketones (excluding diaryl/α,β-unsaturated/α-hetero) is 2.